The number of aromatic hydroxyl groups is 2. The predicted molar refractivity (Wildman–Crippen MR) is 177 cm³/mol. The maximum atomic E-state index is 14.3. The molecule has 2 aromatic rings. The summed E-state index contributed by atoms with van der Waals surface area (Å²) in [5, 5.41) is 19.3. The zero-order valence-corrected chi connectivity index (χ0v) is 28.7. The summed E-state index contributed by atoms with van der Waals surface area (Å²) in [4.78, 5) is 54.0. The van der Waals surface area contributed by atoms with Crippen LogP contribution in [-0.4, -0.2) is 69.1 Å². The smallest absolute Gasteiger partial charge is 0.306 e. The fraction of sp³-hybridized carbons (Fsp3) is 0.579. The first-order valence-electron chi connectivity index (χ1n) is 17.9. The number of hydrogen-bond donors (Lipinski definition) is 2. The number of carbonyl (C=O) groups excluding carboxylic acids is 4. The summed E-state index contributed by atoms with van der Waals surface area (Å²) in [5.74, 6) is -3.56. The van der Waals surface area contributed by atoms with Crippen molar-refractivity contribution in [1.29, 1.82) is 0 Å². The lowest BCUT2D eigenvalue weighted by molar-refractivity contribution is -0.158. The van der Waals surface area contributed by atoms with Gasteiger partial charge in [0.2, 0.25) is 0 Å². The van der Waals surface area contributed by atoms with Gasteiger partial charge in [-0.05, 0) is 112 Å². The Morgan fingerprint density at radius 3 is 1.40 bits per heavy atom. The van der Waals surface area contributed by atoms with E-state index in [4.69, 9.17) is 9.47 Å². The summed E-state index contributed by atoms with van der Waals surface area (Å²) in [5.41, 5.74) is 1.10. The van der Waals surface area contributed by atoms with E-state index >= 15 is 0 Å². The molecule has 2 aliphatic heterocycles. The van der Waals surface area contributed by atoms with Gasteiger partial charge in [0.25, 0.3) is 11.8 Å². The predicted octanol–water partition coefficient (Wildman–Crippen LogP) is 6.24. The number of ether oxygens (including phenoxy) is 2. The maximum Gasteiger partial charge on any atom is 0.306 e. The molecule has 0 radical (unpaired) electrons. The molecular formula is C38H46F2N2O8. The minimum Gasteiger partial charge on any atom is -0.505 e. The Morgan fingerprint density at radius 2 is 1.04 bits per heavy atom. The number of benzene rings is 2. The molecule has 2 aromatic carbocycles. The average Bonchev–Trinajstić information content (AvgIpc) is 3.59. The highest BCUT2D eigenvalue weighted by molar-refractivity contribution is 5.99. The van der Waals surface area contributed by atoms with Crippen LogP contribution in [0.15, 0.2) is 24.3 Å². The van der Waals surface area contributed by atoms with Crippen LogP contribution in [0.5, 0.6) is 11.5 Å². The topological polar surface area (TPSA) is 134 Å². The molecule has 0 bridgehead atoms. The zero-order chi connectivity index (χ0) is 35.7. The summed E-state index contributed by atoms with van der Waals surface area (Å²) in [7, 11) is 0. The summed E-state index contributed by atoms with van der Waals surface area (Å²) in [6, 6.07) is 5.73. The summed E-state index contributed by atoms with van der Waals surface area (Å²) in [6.45, 7) is 5.43. The number of hydrogen-bond acceptors (Lipinski definition) is 8. The van der Waals surface area contributed by atoms with Gasteiger partial charge in [0.15, 0.2) is 23.1 Å². The highest BCUT2D eigenvalue weighted by Gasteiger charge is 2.37. The molecule has 0 saturated heterocycles. The molecule has 2 amide bonds. The Labute approximate surface area is 290 Å². The number of phenols is 2. The number of phenolic OH excluding ortho intramolecular Hbond substituents is 2. The number of halogens is 2. The Bertz CT molecular complexity index is 1510. The molecule has 4 aliphatic rings. The van der Waals surface area contributed by atoms with Crippen molar-refractivity contribution in [3.63, 3.8) is 0 Å². The number of esters is 2. The Balaban J connectivity index is 0.852. The van der Waals surface area contributed by atoms with Crippen molar-refractivity contribution >= 4 is 23.8 Å². The molecular weight excluding hydrogens is 650 g/mol. The molecule has 270 valence electrons. The summed E-state index contributed by atoms with van der Waals surface area (Å²) >= 11 is 0. The molecule has 2 fully saturated rings. The molecule has 50 heavy (non-hydrogen) atoms. The normalized spacial score (nSPS) is 24.5. The first-order valence-corrected chi connectivity index (χ1v) is 17.9. The van der Waals surface area contributed by atoms with Crippen LogP contribution in [0.1, 0.15) is 110 Å². The van der Waals surface area contributed by atoms with Crippen LogP contribution in [0.25, 0.3) is 0 Å². The van der Waals surface area contributed by atoms with E-state index in [0.717, 1.165) is 51.4 Å². The lowest BCUT2D eigenvalue weighted by Crippen LogP contribution is -2.34. The lowest BCUT2D eigenvalue weighted by Gasteiger charge is -2.34. The summed E-state index contributed by atoms with van der Waals surface area (Å²) < 4.78 is 40.0. The van der Waals surface area contributed by atoms with Crippen LogP contribution in [0.2, 0.25) is 0 Å². The van der Waals surface area contributed by atoms with Crippen molar-refractivity contribution in [2.45, 2.75) is 103 Å². The van der Waals surface area contributed by atoms with Crippen molar-refractivity contribution < 1.29 is 47.6 Å². The number of nitrogens with zero attached hydrogens (tertiary/aromatic N) is 2. The highest BCUT2D eigenvalue weighted by Crippen LogP contribution is 2.37. The van der Waals surface area contributed by atoms with Gasteiger partial charge in [-0.1, -0.05) is 12.1 Å². The molecule has 12 heteroatoms. The van der Waals surface area contributed by atoms with Gasteiger partial charge in [-0.2, -0.15) is 0 Å². The van der Waals surface area contributed by atoms with E-state index in [2.05, 4.69) is 0 Å². The van der Waals surface area contributed by atoms with Crippen LogP contribution < -0.4 is 0 Å². The zero-order valence-electron chi connectivity index (χ0n) is 28.7. The number of carbonyl (C=O) groups is 4. The minimum atomic E-state index is -0.860. The van der Waals surface area contributed by atoms with E-state index in [1.54, 1.807) is 21.9 Å². The second-order valence-corrected chi connectivity index (χ2v) is 14.7. The Hall–Kier alpha value is -4.22. The fourth-order valence-electron chi connectivity index (χ4n) is 8.33. The SMILES string of the molecule is CC(OC(=O)CCC(=O)OC(C)C1CCC(CN2Cc3ccc(O)c(F)c3C2=O)CC1)C1CCC(CN2Cc3ccc(O)c(F)c3C2=O)CC1. The van der Waals surface area contributed by atoms with E-state index in [9.17, 15) is 38.2 Å². The second-order valence-electron chi connectivity index (χ2n) is 14.7. The number of rotatable bonds is 11. The minimum absolute atomic E-state index is 0.0376. The second kappa shape index (κ2) is 14.9. The lowest BCUT2D eigenvalue weighted by atomic mass is 9.79. The van der Waals surface area contributed by atoms with E-state index in [0.29, 0.717) is 37.3 Å². The molecule has 2 heterocycles. The molecule has 2 aliphatic carbocycles. The van der Waals surface area contributed by atoms with Crippen molar-refractivity contribution in [3.8, 4) is 11.5 Å². The quantitative estimate of drug-likeness (QED) is 0.264. The van der Waals surface area contributed by atoms with Crippen molar-refractivity contribution in [2.24, 2.45) is 23.7 Å². The van der Waals surface area contributed by atoms with Crippen LogP contribution >= 0.6 is 0 Å². The summed E-state index contributed by atoms with van der Waals surface area (Å²) in [6.07, 6.45) is 5.98. The molecule has 2 unspecified atom stereocenters. The number of amides is 2. The highest BCUT2D eigenvalue weighted by atomic mass is 19.1. The first kappa shape index (κ1) is 35.6. The molecule has 0 spiro atoms. The molecule has 2 atom stereocenters. The van der Waals surface area contributed by atoms with E-state index in [-0.39, 0.29) is 71.7 Å². The molecule has 2 N–H and O–H groups in total. The third-order valence-electron chi connectivity index (χ3n) is 11.4. The third kappa shape index (κ3) is 7.58. The molecule has 6 rings (SSSR count). The van der Waals surface area contributed by atoms with Gasteiger partial charge in [0, 0.05) is 26.2 Å². The third-order valence-corrected chi connectivity index (χ3v) is 11.4. The van der Waals surface area contributed by atoms with E-state index in [1.165, 1.54) is 12.1 Å². The van der Waals surface area contributed by atoms with Gasteiger partial charge in [-0.15, -0.1) is 0 Å². The molecule has 10 nitrogen and oxygen atoms in total. The van der Waals surface area contributed by atoms with Gasteiger partial charge in [-0.3, -0.25) is 19.2 Å². The molecule has 0 aromatic heterocycles. The van der Waals surface area contributed by atoms with E-state index in [1.807, 2.05) is 13.8 Å². The number of fused-ring (bicyclic) bond motifs is 2. The standard InChI is InChI=1S/C38H46F2N2O8/c1-21(25-7-3-23(4-8-25)17-41-19-27-11-13-29(43)35(39)33(27)37(41)47)49-31(45)15-16-32(46)50-22(2)26-9-5-24(6-10-26)18-42-20-28-12-14-30(44)36(40)34(28)38(42)48/h11-14,21-26,43-44H,3-10,15-20H2,1-2H3. The van der Waals surface area contributed by atoms with Crippen molar-refractivity contribution in [1.82, 2.24) is 9.80 Å². The van der Waals surface area contributed by atoms with Crippen molar-refractivity contribution in [3.05, 3.63) is 58.2 Å². The average molecular weight is 697 g/mol. The maximum absolute atomic E-state index is 14.3. The van der Waals surface area contributed by atoms with Crippen LogP contribution in [0, 0.1) is 35.3 Å². The van der Waals surface area contributed by atoms with Crippen LogP contribution in [-0.2, 0) is 32.2 Å². The van der Waals surface area contributed by atoms with E-state index < -0.39 is 35.1 Å². The van der Waals surface area contributed by atoms with Crippen LogP contribution in [0.3, 0.4) is 0 Å². The Morgan fingerprint density at radius 1 is 0.680 bits per heavy atom. The monoisotopic (exact) mass is 696 g/mol. The molecule has 2 saturated carbocycles. The van der Waals surface area contributed by atoms with Gasteiger partial charge in [0.05, 0.1) is 24.0 Å². The van der Waals surface area contributed by atoms with Gasteiger partial charge >= 0.3 is 11.9 Å². The largest absolute Gasteiger partial charge is 0.505 e. The van der Waals surface area contributed by atoms with Gasteiger partial charge in [-0.25, -0.2) is 8.78 Å². The Kier molecular flexibility index (Phi) is 10.6. The van der Waals surface area contributed by atoms with Gasteiger partial charge < -0.3 is 29.5 Å². The first-order chi connectivity index (χ1) is 23.9. The van der Waals surface area contributed by atoms with Crippen LogP contribution in [0.4, 0.5) is 8.78 Å². The van der Waals surface area contributed by atoms with Gasteiger partial charge in [0.1, 0.15) is 12.2 Å². The van der Waals surface area contributed by atoms with Crippen molar-refractivity contribution in [2.75, 3.05) is 13.1 Å². The fourth-order valence-corrected chi connectivity index (χ4v) is 8.33.